The van der Waals surface area contributed by atoms with Crippen molar-refractivity contribution in [3.8, 4) is 33.4 Å². The van der Waals surface area contributed by atoms with Gasteiger partial charge in [0.25, 0.3) is 0 Å². The Hall–Kier alpha value is -7.16. The Bertz CT molecular complexity index is 3440. The average Bonchev–Trinajstić information content (AvgIpc) is 3.80. The Morgan fingerprint density at radius 3 is 1.50 bits per heavy atom. The molecule has 12 aromatic rings. The summed E-state index contributed by atoms with van der Waals surface area (Å²) in [5.41, 5.74) is 10.8. The SMILES string of the molecule is c1ccc2c(-c3c4ccccc4c(-c4ccc5c(c4)oc4cc(-c6cccc7c6ccc6c8ccccc8oc76)ccc45)c4ccccc34)cccc2c1. The van der Waals surface area contributed by atoms with E-state index >= 15 is 0 Å². The third-order valence-corrected chi connectivity index (χ3v) is 11.5. The zero-order valence-electron chi connectivity index (χ0n) is 29.1. The van der Waals surface area contributed by atoms with E-state index in [0.717, 1.165) is 71.3 Å². The summed E-state index contributed by atoms with van der Waals surface area (Å²) in [6.45, 7) is 0. The summed E-state index contributed by atoms with van der Waals surface area (Å²) in [4.78, 5) is 0. The molecular weight excluding hydrogens is 657 g/mol. The smallest absolute Gasteiger partial charge is 0.143 e. The minimum Gasteiger partial charge on any atom is -0.456 e. The van der Waals surface area contributed by atoms with Gasteiger partial charge in [-0.15, -0.1) is 0 Å². The Kier molecular flexibility index (Phi) is 6.09. The van der Waals surface area contributed by atoms with E-state index in [2.05, 4.69) is 170 Å². The second-order valence-electron chi connectivity index (χ2n) is 14.3. The highest BCUT2D eigenvalue weighted by molar-refractivity contribution is 6.24. The number of hydrogen-bond donors (Lipinski definition) is 0. The number of para-hydroxylation sites is 1. The van der Waals surface area contributed by atoms with Gasteiger partial charge in [-0.25, -0.2) is 0 Å². The molecule has 0 unspecified atom stereocenters. The number of furan rings is 2. The van der Waals surface area contributed by atoms with Crippen LogP contribution in [0.1, 0.15) is 0 Å². The molecular formula is C52H30O2. The van der Waals surface area contributed by atoms with Crippen molar-refractivity contribution in [2.45, 2.75) is 0 Å². The fraction of sp³-hybridized carbons (Fsp3) is 0. The van der Waals surface area contributed by atoms with E-state index in [4.69, 9.17) is 8.83 Å². The third kappa shape index (κ3) is 4.17. The van der Waals surface area contributed by atoms with E-state index in [1.165, 1.54) is 49.0 Å². The normalized spacial score (nSPS) is 12.1. The van der Waals surface area contributed by atoms with Crippen LogP contribution in [-0.2, 0) is 0 Å². The molecule has 0 aliphatic carbocycles. The Balaban J connectivity index is 1.04. The molecule has 2 nitrogen and oxygen atoms in total. The van der Waals surface area contributed by atoms with E-state index in [1.54, 1.807) is 0 Å². The van der Waals surface area contributed by atoms with Crippen LogP contribution in [0.25, 0.3) is 120 Å². The van der Waals surface area contributed by atoms with Crippen molar-refractivity contribution >= 4 is 87.0 Å². The zero-order chi connectivity index (χ0) is 35.3. The van der Waals surface area contributed by atoms with Crippen LogP contribution >= 0.6 is 0 Å². The van der Waals surface area contributed by atoms with Crippen molar-refractivity contribution in [3.63, 3.8) is 0 Å². The quantitative estimate of drug-likeness (QED) is 0.173. The van der Waals surface area contributed by atoms with Crippen LogP contribution in [0.4, 0.5) is 0 Å². The molecule has 0 radical (unpaired) electrons. The van der Waals surface area contributed by atoms with Gasteiger partial charge in [-0.05, 0) is 107 Å². The molecule has 0 atom stereocenters. The molecule has 0 aliphatic heterocycles. The lowest BCUT2D eigenvalue weighted by atomic mass is 9.84. The average molecular weight is 687 g/mol. The predicted octanol–water partition coefficient (Wildman–Crippen LogP) is 15.1. The molecule has 0 amide bonds. The summed E-state index contributed by atoms with van der Waals surface area (Å²) in [6, 6.07) is 65.5. The molecule has 0 spiro atoms. The van der Waals surface area contributed by atoms with E-state index in [0.29, 0.717) is 0 Å². The maximum Gasteiger partial charge on any atom is 0.143 e. The molecule has 0 fully saturated rings. The highest BCUT2D eigenvalue weighted by atomic mass is 16.3. The van der Waals surface area contributed by atoms with Crippen LogP contribution in [0.15, 0.2) is 191 Å². The molecule has 10 aromatic carbocycles. The first kappa shape index (κ1) is 29.4. The van der Waals surface area contributed by atoms with Crippen molar-refractivity contribution in [2.75, 3.05) is 0 Å². The van der Waals surface area contributed by atoms with Crippen LogP contribution < -0.4 is 0 Å². The highest BCUT2D eigenvalue weighted by Gasteiger charge is 2.19. The molecule has 0 N–H and O–H groups in total. The minimum absolute atomic E-state index is 0.877. The predicted molar refractivity (Wildman–Crippen MR) is 227 cm³/mol. The van der Waals surface area contributed by atoms with Crippen molar-refractivity contribution in [2.24, 2.45) is 0 Å². The third-order valence-electron chi connectivity index (χ3n) is 11.5. The molecule has 54 heavy (non-hydrogen) atoms. The van der Waals surface area contributed by atoms with E-state index in [-0.39, 0.29) is 0 Å². The topological polar surface area (TPSA) is 26.3 Å². The van der Waals surface area contributed by atoms with Crippen LogP contribution in [-0.4, -0.2) is 0 Å². The van der Waals surface area contributed by atoms with Gasteiger partial charge in [-0.3, -0.25) is 0 Å². The first-order valence-electron chi connectivity index (χ1n) is 18.5. The van der Waals surface area contributed by atoms with Crippen molar-refractivity contribution in [1.29, 1.82) is 0 Å². The molecule has 0 bridgehead atoms. The second-order valence-corrected chi connectivity index (χ2v) is 14.3. The number of benzene rings is 10. The molecule has 0 saturated carbocycles. The number of rotatable bonds is 3. The Morgan fingerprint density at radius 1 is 0.259 bits per heavy atom. The van der Waals surface area contributed by atoms with Gasteiger partial charge in [-0.1, -0.05) is 146 Å². The highest BCUT2D eigenvalue weighted by Crippen LogP contribution is 2.46. The minimum atomic E-state index is 0.877. The van der Waals surface area contributed by atoms with Crippen molar-refractivity contribution in [1.82, 2.24) is 0 Å². The summed E-state index contributed by atoms with van der Waals surface area (Å²) in [6.07, 6.45) is 0. The fourth-order valence-electron chi connectivity index (χ4n) is 9.07. The fourth-order valence-corrected chi connectivity index (χ4v) is 9.07. The van der Waals surface area contributed by atoms with Crippen LogP contribution in [0.5, 0.6) is 0 Å². The van der Waals surface area contributed by atoms with Crippen LogP contribution in [0.2, 0.25) is 0 Å². The Labute approximate surface area is 310 Å². The number of hydrogen-bond acceptors (Lipinski definition) is 2. The maximum absolute atomic E-state index is 6.75. The van der Waals surface area contributed by atoms with Crippen LogP contribution in [0.3, 0.4) is 0 Å². The lowest BCUT2D eigenvalue weighted by Gasteiger charge is -2.18. The van der Waals surface area contributed by atoms with Crippen molar-refractivity contribution < 1.29 is 8.83 Å². The molecule has 0 saturated heterocycles. The van der Waals surface area contributed by atoms with E-state index < -0.39 is 0 Å². The molecule has 2 heterocycles. The first-order chi connectivity index (χ1) is 26.8. The Morgan fingerprint density at radius 2 is 0.741 bits per heavy atom. The number of fused-ring (bicyclic) bond motifs is 11. The molecule has 0 aliphatic rings. The molecule has 2 aromatic heterocycles. The molecule has 2 heteroatoms. The van der Waals surface area contributed by atoms with Gasteiger partial charge in [0.05, 0.1) is 0 Å². The van der Waals surface area contributed by atoms with Crippen molar-refractivity contribution in [3.05, 3.63) is 182 Å². The summed E-state index contributed by atoms with van der Waals surface area (Å²) in [7, 11) is 0. The molecule has 12 rings (SSSR count). The van der Waals surface area contributed by atoms with Gasteiger partial charge in [0, 0.05) is 26.9 Å². The maximum atomic E-state index is 6.75. The van der Waals surface area contributed by atoms with E-state index in [9.17, 15) is 0 Å². The summed E-state index contributed by atoms with van der Waals surface area (Å²) in [5, 5.41) is 14.2. The summed E-state index contributed by atoms with van der Waals surface area (Å²) in [5.74, 6) is 0. The lowest BCUT2D eigenvalue weighted by molar-refractivity contribution is 0.669. The van der Waals surface area contributed by atoms with Gasteiger partial charge >= 0.3 is 0 Å². The van der Waals surface area contributed by atoms with E-state index in [1.807, 2.05) is 12.1 Å². The van der Waals surface area contributed by atoms with Gasteiger partial charge < -0.3 is 8.83 Å². The van der Waals surface area contributed by atoms with Gasteiger partial charge in [0.15, 0.2) is 0 Å². The first-order valence-corrected chi connectivity index (χ1v) is 18.5. The van der Waals surface area contributed by atoms with Crippen LogP contribution in [0, 0.1) is 0 Å². The lowest BCUT2D eigenvalue weighted by Crippen LogP contribution is -1.91. The zero-order valence-corrected chi connectivity index (χ0v) is 29.1. The molecule has 250 valence electrons. The van der Waals surface area contributed by atoms with Gasteiger partial charge in [0.2, 0.25) is 0 Å². The van der Waals surface area contributed by atoms with Gasteiger partial charge in [-0.2, -0.15) is 0 Å². The monoisotopic (exact) mass is 686 g/mol. The largest absolute Gasteiger partial charge is 0.456 e. The standard InChI is InChI=1S/C52H30O2/c1-2-13-34-31(11-1)12-9-20-40(34)51-43-17-5-3-15-41(43)50(42-16-4-6-18-44(42)51)33-24-26-39-38-25-23-32(29-48(38)53-49(39)30-33)35-19-10-21-45-36(35)27-28-46-37-14-7-8-22-47(37)54-52(45)46/h1-30H. The second kappa shape index (κ2) is 11.2. The summed E-state index contributed by atoms with van der Waals surface area (Å²) >= 11 is 0. The van der Waals surface area contributed by atoms with Gasteiger partial charge in [0.1, 0.15) is 22.3 Å². The summed E-state index contributed by atoms with van der Waals surface area (Å²) < 4.78 is 13.1.